The van der Waals surface area contributed by atoms with Gasteiger partial charge >= 0.3 is 0 Å². The maximum Gasteiger partial charge on any atom is 0.277 e. The SMILES string of the molecule is Cc1ccc(-c2nn3c(C(C)C)nc(C)c3c(=O)[nH]2)cc1. The Hall–Kier alpha value is -2.43. The van der Waals surface area contributed by atoms with Crippen LogP contribution < -0.4 is 5.56 Å². The first-order valence-corrected chi connectivity index (χ1v) is 7.04. The minimum Gasteiger partial charge on any atom is -0.303 e. The molecule has 1 aromatic carbocycles. The van der Waals surface area contributed by atoms with Crippen molar-refractivity contribution in [2.45, 2.75) is 33.6 Å². The number of aromatic nitrogens is 4. The average molecular weight is 282 g/mol. The molecule has 0 aliphatic carbocycles. The van der Waals surface area contributed by atoms with E-state index in [2.05, 4.69) is 15.1 Å². The highest BCUT2D eigenvalue weighted by Gasteiger charge is 2.16. The molecule has 5 heteroatoms. The molecule has 21 heavy (non-hydrogen) atoms. The van der Waals surface area contributed by atoms with Crippen LogP contribution >= 0.6 is 0 Å². The van der Waals surface area contributed by atoms with Gasteiger partial charge in [0.2, 0.25) is 0 Å². The van der Waals surface area contributed by atoms with Gasteiger partial charge in [0.1, 0.15) is 5.82 Å². The highest BCUT2D eigenvalue weighted by Crippen LogP contribution is 2.18. The van der Waals surface area contributed by atoms with Gasteiger partial charge in [0.05, 0.1) is 5.69 Å². The van der Waals surface area contributed by atoms with E-state index in [1.165, 1.54) is 5.56 Å². The highest BCUT2D eigenvalue weighted by molar-refractivity contribution is 5.58. The van der Waals surface area contributed by atoms with Gasteiger partial charge in [0, 0.05) is 11.5 Å². The van der Waals surface area contributed by atoms with E-state index in [-0.39, 0.29) is 11.5 Å². The van der Waals surface area contributed by atoms with Crippen molar-refractivity contribution in [2.24, 2.45) is 0 Å². The molecule has 0 saturated heterocycles. The van der Waals surface area contributed by atoms with Gasteiger partial charge in [-0.3, -0.25) is 4.79 Å². The van der Waals surface area contributed by atoms with Gasteiger partial charge in [-0.1, -0.05) is 43.7 Å². The lowest BCUT2D eigenvalue weighted by molar-refractivity contribution is 0.720. The summed E-state index contributed by atoms with van der Waals surface area (Å²) in [5.74, 6) is 1.57. The minimum atomic E-state index is -0.155. The van der Waals surface area contributed by atoms with Crippen LogP contribution in [0.25, 0.3) is 16.9 Å². The van der Waals surface area contributed by atoms with Crippen molar-refractivity contribution >= 4 is 5.52 Å². The molecular weight excluding hydrogens is 264 g/mol. The number of rotatable bonds is 2. The number of imidazole rings is 1. The number of nitrogens with zero attached hydrogens (tertiary/aromatic N) is 3. The molecule has 0 amide bonds. The van der Waals surface area contributed by atoms with Crippen LogP contribution in [0.15, 0.2) is 29.1 Å². The molecule has 108 valence electrons. The molecule has 0 spiro atoms. The number of benzene rings is 1. The van der Waals surface area contributed by atoms with Gasteiger partial charge in [-0.25, -0.2) is 9.50 Å². The van der Waals surface area contributed by atoms with E-state index < -0.39 is 0 Å². The first kappa shape index (κ1) is 13.5. The number of aromatic amines is 1. The molecule has 0 fully saturated rings. The molecule has 1 N–H and O–H groups in total. The monoisotopic (exact) mass is 282 g/mol. The van der Waals surface area contributed by atoms with E-state index in [0.29, 0.717) is 17.0 Å². The Balaban J connectivity index is 2.29. The summed E-state index contributed by atoms with van der Waals surface area (Å²) in [7, 11) is 0. The van der Waals surface area contributed by atoms with Crippen LogP contribution in [0.4, 0.5) is 0 Å². The van der Waals surface area contributed by atoms with E-state index >= 15 is 0 Å². The quantitative estimate of drug-likeness (QED) is 0.786. The molecular formula is C16H18N4O. The first-order chi connectivity index (χ1) is 9.97. The van der Waals surface area contributed by atoms with Gasteiger partial charge in [-0.05, 0) is 13.8 Å². The third kappa shape index (κ3) is 2.24. The Morgan fingerprint density at radius 2 is 1.81 bits per heavy atom. The summed E-state index contributed by atoms with van der Waals surface area (Å²) in [5.41, 5.74) is 3.14. The van der Waals surface area contributed by atoms with Crippen molar-refractivity contribution in [1.82, 2.24) is 19.6 Å². The van der Waals surface area contributed by atoms with E-state index in [1.54, 1.807) is 4.52 Å². The third-order valence-corrected chi connectivity index (χ3v) is 3.54. The summed E-state index contributed by atoms with van der Waals surface area (Å²) < 4.78 is 1.67. The Morgan fingerprint density at radius 1 is 1.14 bits per heavy atom. The van der Waals surface area contributed by atoms with Crippen LogP contribution in [-0.2, 0) is 0 Å². The van der Waals surface area contributed by atoms with Crippen molar-refractivity contribution in [1.29, 1.82) is 0 Å². The van der Waals surface area contributed by atoms with Crippen LogP contribution in [-0.4, -0.2) is 19.6 Å². The van der Waals surface area contributed by atoms with E-state index in [1.807, 2.05) is 52.0 Å². The standard InChI is InChI=1S/C16H18N4O/c1-9(2)15-17-11(4)13-16(21)18-14(19-20(13)15)12-7-5-10(3)6-8-12/h5-9H,1-4H3,(H,18,19,21). The van der Waals surface area contributed by atoms with Crippen molar-refractivity contribution in [3.63, 3.8) is 0 Å². The number of hydrogen-bond donors (Lipinski definition) is 1. The van der Waals surface area contributed by atoms with Crippen molar-refractivity contribution < 1.29 is 0 Å². The summed E-state index contributed by atoms with van der Waals surface area (Å²) in [5, 5.41) is 4.58. The van der Waals surface area contributed by atoms with E-state index in [4.69, 9.17) is 0 Å². The number of nitrogens with one attached hydrogen (secondary N) is 1. The normalized spacial score (nSPS) is 11.5. The smallest absolute Gasteiger partial charge is 0.277 e. The molecule has 0 saturated carbocycles. The van der Waals surface area contributed by atoms with Crippen LogP contribution in [0, 0.1) is 13.8 Å². The number of H-pyrrole nitrogens is 1. The van der Waals surface area contributed by atoms with E-state index in [9.17, 15) is 4.79 Å². The first-order valence-electron chi connectivity index (χ1n) is 7.04. The fourth-order valence-electron chi connectivity index (χ4n) is 2.41. The maximum atomic E-state index is 12.3. The Labute approximate surface area is 122 Å². The van der Waals surface area contributed by atoms with Gasteiger partial charge in [0.25, 0.3) is 5.56 Å². The van der Waals surface area contributed by atoms with Crippen LogP contribution in [0.2, 0.25) is 0 Å². The van der Waals surface area contributed by atoms with E-state index in [0.717, 1.165) is 11.4 Å². The molecule has 2 aromatic heterocycles. The summed E-state index contributed by atoms with van der Waals surface area (Å²) in [6.45, 7) is 7.95. The second-order valence-corrected chi connectivity index (χ2v) is 5.64. The van der Waals surface area contributed by atoms with Gasteiger partial charge in [-0.15, -0.1) is 5.10 Å². The zero-order valence-electron chi connectivity index (χ0n) is 12.6. The summed E-state index contributed by atoms with van der Waals surface area (Å²) in [6.07, 6.45) is 0. The predicted molar refractivity (Wildman–Crippen MR) is 82.6 cm³/mol. The topological polar surface area (TPSA) is 63.1 Å². The number of fused-ring (bicyclic) bond motifs is 1. The summed E-state index contributed by atoms with van der Waals surface area (Å²) in [4.78, 5) is 19.7. The van der Waals surface area contributed by atoms with Crippen LogP contribution in [0.1, 0.15) is 36.8 Å². The largest absolute Gasteiger partial charge is 0.303 e. The van der Waals surface area contributed by atoms with Crippen LogP contribution in [0.5, 0.6) is 0 Å². The third-order valence-electron chi connectivity index (χ3n) is 3.54. The zero-order chi connectivity index (χ0) is 15.1. The highest BCUT2D eigenvalue weighted by atomic mass is 16.1. The average Bonchev–Trinajstić information content (AvgIpc) is 2.77. The Morgan fingerprint density at radius 3 is 2.43 bits per heavy atom. The fraction of sp³-hybridized carbons (Fsp3) is 0.312. The van der Waals surface area contributed by atoms with Gasteiger partial charge < -0.3 is 4.98 Å². The lowest BCUT2D eigenvalue weighted by atomic mass is 10.1. The molecule has 0 atom stereocenters. The molecule has 2 heterocycles. The van der Waals surface area contributed by atoms with Crippen molar-refractivity contribution in [3.8, 4) is 11.4 Å². The lowest BCUT2D eigenvalue weighted by Gasteiger charge is -2.06. The fourth-order valence-corrected chi connectivity index (χ4v) is 2.41. The molecule has 0 bridgehead atoms. The molecule has 0 aliphatic rings. The van der Waals surface area contributed by atoms with Gasteiger partial charge in [-0.2, -0.15) is 0 Å². The maximum absolute atomic E-state index is 12.3. The molecule has 3 rings (SSSR count). The Kier molecular flexibility index (Phi) is 3.12. The molecule has 5 nitrogen and oxygen atoms in total. The Bertz CT molecular complexity index is 856. The summed E-state index contributed by atoms with van der Waals surface area (Å²) in [6, 6.07) is 7.92. The van der Waals surface area contributed by atoms with Crippen LogP contribution in [0.3, 0.4) is 0 Å². The number of aryl methyl sites for hydroxylation is 2. The second kappa shape index (κ2) is 4.84. The molecule has 0 unspecified atom stereocenters. The molecule has 0 radical (unpaired) electrons. The number of hydrogen-bond acceptors (Lipinski definition) is 3. The molecule has 3 aromatic rings. The minimum absolute atomic E-state index is 0.155. The van der Waals surface area contributed by atoms with Crippen molar-refractivity contribution in [3.05, 3.63) is 51.7 Å². The second-order valence-electron chi connectivity index (χ2n) is 5.64. The lowest BCUT2D eigenvalue weighted by Crippen LogP contribution is -2.15. The van der Waals surface area contributed by atoms with Gasteiger partial charge in [0.15, 0.2) is 11.3 Å². The summed E-state index contributed by atoms with van der Waals surface area (Å²) >= 11 is 0. The predicted octanol–water partition coefficient (Wildman–Crippen LogP) is 2.82. The van der Waals surface area contributed by atoms with Crippen molar-refractivity contribution in [2.75, 3.05) is 0 Å². The molecule has 0 aliphatic heterocycles. The zero-order valence-corrected chi connectivity index (χ0v) is 12.6.